The second kappa shape index (κ2) is 7.39. The number of hydrogen-bond acceptors (Lipinski definition) is 3. The summed E-state index contributed by atoms with van der Waals surface area (Å²) in [6.07, 6.45) is 0.403. The van der Waals surface area contributed by atoms with Crippen molar-refractivity contribution in [2.24, 2.45) is 0 Å². The summed E-state index contributed by atoms with van der Waals surface area (Å²) >= 11 is 0. The van der Waals surface area contributed by atoms with Gasteiger partial charge in [0.1, 0.15) is 12.6 Å². The van der Waals surface area contributed by atoms with Crippen LogP contribution in [0.4, 0.5) is 10.5 Å². The van der Waals surface area contributed by atoms with Crippen LogP contribution in [0, 0.1) is 13.8 Å². The van der Waals surface area contributed by atoms with E-state index in [-0.39, 0.29) is 12.5 Å². The lowest BCUT2D eigenvalue weighted by molar-refractivity contribution is -0.130. The summed E-state index contributed by atoms with van der Waals surface area (Å²) < 4.78 is 0. The van der Waals surface area contributed by atoms with E-state index in [2.05, 4.69) is 10.6 Å². The predicted octanol–water partition coefficient (Wildman–Crippen LogP) is 2.41. The third kappa shape index (κ3) is 3.74. The van der Waals surface area contributed by atoms with Gasteiger partial charge in [-0.25, -0.2) is 4.79 Å². The predicted molar refractivity (Wildman–Crippen MR) is 98.7 cm³/mol. The number of aryl methyl sites for hydroxylation is 1. The van der Waals surface area contributed by atoms with E-state index in [0.29, 0.717) is 12.1 Å². The first kappa shape index (κ1) is 17.7. The molecule has 2 aromatic rings. The summed E-state index contributed by atoms with van der Waals surface area (Å²) in [6, 6.07) is 13.9. The van der Waals surface area contributed by atoms with Gasteiger partial charge in [-0.05, 0) is 36.6 Å². The number of anilines is 1. The van der Waals surface area contributed by atoms with Crippen molar-refractivity contribution >= 4 is 23.5 Å². The lowest BCUT2D eigenvalue weighted by Crippen LogP contribution is -2.38. The van der Waals surface area contributed by atoms with Crippen LogP contribution in [0.5, 0.6) is 0 Å². The number of rotatable bonds is 5. The summed E-state index contributed by atoms with van der Waals surface area (Å²) in [6.45, 7) is 3.56. The van der Waals surface area contributed by atoms with Gasteiger partial charge in [0.15, 0.2) is 0 Å². The Kier molecular flexibility index (Phi) is 5.02. The Morgan fingerprint density at radius 1 is 1.08 bits per heavy atom. The van der Waals surface area contributed by atoms with E-state index in [1.807, 2.05) is 56.3 Å². The third-order valence-electron chi connectivity index (χ3n) is 4.57. The van der Waals surface area contributed by atoms with Gasteiger partial charge >= 0.3 is 6.03 Å². The van der Waals surface area contributed by atoms with Gasteiger partial charge in [-0.2, -0.15) is 0 Å². The molecule has 0 aromatic heterocycles. The SMILES string of the molecule is Cc1cccc(NC(=O)CN2C(=O)NC(Cc3ccccc3)C2=O)c1C. The molecular formula is C20H21N3O3. The molecule has 0 saturated carbocycles. The van der Waals surface area contributed by atoms with E-state index in [1.165, 1.54) is 0 Å². The largest absolute Gasteiger partial charge is 0.325 e. The van der Waals surface area contributed by atoms with Crippen molar-refractivity contribution in [3.05, 3.63) is 65.2 Å². The molecule has 1 heterocycles. The molecular weight excluding hydrogens is 330 g/mol. The molecule has 0 bridgehead atoms. The van der Waals surface area contributed by atoms with Gasteiger partial charge < -0.3 is 10.6 Å². The molecule has 2 N–H and O–H groups in total. The number of nitrogens with zero attached hydrogens (tertiary/aromatic N) is 1. The zero-order chi connectivity index (χ0) is 18.7. The average molecular weight is 351 g/mol. The topological polar surface area (TPSA) is 78.5 Å². The van der Waals surface area contributed by atoms with Gasteiger partial charge in [0.25, 0.3) is 5.91 Å². The number of urea groups is 1. The summed E-state index contributed by atoms with van der Waals surface area (Å²) in [5, 5.41) is 5.42. The molecule has 1 unspecified atom stereocenters. The third-order valence-corrected chi connectivity index (χ3v) is 4.57. The quantitative estimate of drug-likeness (QED) is 0.812. The highest BCUT2D eigenvalue weighted by Crippen LogP contribution is 2.18. The highest BCUT2D eigenvalue weighted by molar-refractivity contribution is 6.08. The van der Waals surface area contributed by atoms with Crippen LogP contribution in [0.15, 0.2) is 48.5 Å². The number of benzene rings is 2. The Bertz CT molecular complexity index is 849. The van der Waals surface area contributed by atoms with E-state index in [9.17, 15) is 14.4 Å². The molecule has 1 atom stereocenters. The van der Waals surface area contributed by atoms with Crippen molar-refractivity contribution in [2.75, 3.05) is 11.9 Å². The standard InChI is InChI=1S/C20H21N3O3/c1-13-7-6-10-16(14(13)2)21-18(24)12-23-19(25)17(22-20(23)26)11-15-8-4-3-5-9-15/h3-10,17H,11-12H2,1-2H3,(H,21,24)(H,22,26). The van der Waals surface area contributed by atoms with Crippen LogP contribution in [0.1, 0.15) is 16.7 Å². The number of hydrogen-bond donors (Lipinski definition) is 2. The fourth-order valence-corrected chi connectivity index (χ4v) is 2.93. The average Bonchev–Trinajstić information content (AvgIpc) is 2.87. The molecule has 0 aliphatic carbocycles. The first-order valence-corrected chi connectivity index (χ1v) is 8.47. The molecule has 134 valence electrons. The lowest BCUT2D eigenvalue weighted by atomic mass is 10.1. The lowest BCUT2D eigenvalue weighted by Gasteiger charge is -2.14. The van der Waals surface area contributed by atoms with Gasteiger partial charge in [-0.15, -0.1) is 0 Å². The highest BCUT2D eigenvalue weighted by atomic mass is 16.2. The molecule has 26 heavy (non-hydrogen) atoms. The molecule has 6 nitrogen and oxygen atoms in total. The number of imide groups is 1. The van der Waals surface area contributed by atoms with Crippen molar-refractivity contribution in [2.45, 2.75) is 26.3 Å². The Morgan fingerprint density at radius 2 is 1.81 bits per heavy atom. The molecule has 1 aliphatic rings. The molecule has 0 radical (unpaired) electrons. The Labute approximate surface area is 152 Å². The fourth-order valence-electron chi connectivity index (χ4n) is 2.93. The van der Waals surface area contributed by atoms with Gasteiger partial charge in [-0.1, -0.05) is 42.5 Å². The van der Waals surface area contributed by atoms with Crippen LogP contribution in [0.25, 0.3) is 0 Å². The van der Waals surface area contributed by atoms with E-state index in [1.54, 1.807) is 6.07 Å². The smallest absolute Gasteiger partial charge is 0.325 e. The second-order valence-electron chi connectivity index (χ2n) is 6.41. The first-order chi connectivity index (χ1) is 12.5. The molecule has 2 aromatic carbocycles. The van der Waals surface area contributed by atoms with Crippen LogP contribution < -0.4 is 10.6 Å². The minimum Gasteiger partial charge on any atom is -0.325 e. The monoisotopic (exact) mass is 351 g/mol. The molecule has 0 spiro atoms. The molecule has 1 fully saturated rings. The Hall–Kier alpha value is -3.15. The normalized spacial score (nSPS) is 16.5. The van der Waals surface area contributed by atoms with Gasteiger partial charge in [0.2, 0.25) is 5.91 Å². The minimum absolute atomic E-state index is 0.302. The minimum atomic E-state index is -0.640. The van der Waals surface area contributed by atoms with Gasteiger partial charge in [-0.3, -0.25) is 14.5 Å². The van der Waals surface area contributed by atoms with E-state index < -0.39 is 18.0 Å². The van der Waals surface area contributed by atoms with Crippen LogP contribution in [-0.4, -0.2) is 35.3 Å². The number of carbonyl (C=O) groups is 3. The van der Waals surface area contributed by atoms with Crippen molar-refractivity contribution in [3.8, 4) is 0 Å². The van der Waals surface area contributed by atoms with E-state index in [0.717, 1.165) is 21.6 Å². The zero-order valence-electron chi connectivity index (χ0n) is 14.8. The van der Waals surface area contributed by atoms with Gasteiger partial charge in [0, 0.05) is 12.1 Å². The van der Waals surface area contributed by atoms with Gasteiger partial charge in [0.05, 0.1) is 0 Å². The van der Waals surface area contributed by atoms with Crippen LogP contribution in [0.2, 0.25) is 0 Å². The van der Waals surface area contributed by atoms with Crippen molar-refractivity contribution in [1.29, 1.82) is 0 Å². The van der Waals surface area contributed by atoms with Crippen LogP contribution in [-0.2, 0) is 16.0 Å². The number of carbonyl (C=O) groups excluding carboxylic acids is 3. The molecule has 6 heteroatoms. The molecule has 1 aliphatic heterocycles. The summed E-state index contributed by atoms with van der Waals surface area (Å²) in [4.78, 5) is 37.9. The summed E-state index contributed by atoms with van der Waals surface area (Å²) in [7, 11) is 0. The van der Waals surface area contributed by atoms with Crippen LogP contribution in [0.3, 0.4) is 0 Å². The van der Waals surface area contributed by atoms with E-state index >= 15 is 0 Å². The first-order valence-electron chi connectivity index (χ1n) is 8.47. The maximum absolute atomic E-state index is 12.5. The van der Waals surface area contributed by atoms with Crippen LogP contribution >= 0.6 is 0 Å². The second-order valence-corrected chi connectivity index (χ2v) is 6.41. The zero-order valence-corrected chi connectivity index (χ0v) is 14.8. The number of amides is 4. The van der Waals surface area contributed by atoms with Crippen molar-refractivity contribution in [1.82, 2.24) is 10.2 Å². The van der Waals surface area contributed by atoms with Crippen molar-refractivity contribution < 1.29 is 14.4 Å². The number of nitrogens with one attached hydrogen (secondary N) is 2. The molecule has 4 amide bonds. The van der Waals surface area contributed by atoms with Crippen molar-refractivity contribution in [3.63, 3.8) is 0 Å². The molecule has 1 saturated heterocycles. The Balaban J connectivity index is 1.64. The Morgan fingerprint density at radius 3 is 2.54 bits per heavy atom. The summed E-state index contributed by atoms with van der Waals surface area (Å²) in [5.41, 5.74) is 3.65. The highest BCUT2D eigenvalue weighted by Gasteiger charge is 2.38. The maximum atomic E-state index is 12.5. The molecule has 3 rings (SSSR count). The fraction of sp³-hybridized carbons (Fsp3) is 0.250. The summed E-state index contributed by atoms with van der Waals surface area (Å²) in [5.74, 6) is -0.780. The maximum Gasteiger partial charge on any atom is 0.325 e. The van der Waals surface area contributed by atoms with E-state index in [4.69, 9.17) is 0 Å².